The molecular formula is C25H17F4N5O. The smallest absolute Gasteiger partial charge is 0.417 e. The fourth-order valence-corrected chi connectivity index (χ4v) is 3.68. The van der Waals surface area contributed by atoms with E-state index in [1.54, 1.807) is 35.1 Å². The Morgan fingerprint density at radius 1 is 0.886 bits per heavy atom. The molecule has 10 heteroatoms. The zero-order chi connectivity index (χ0) is 24.6. The van der Waals surface area contributed by atoms with Gasteiger partial charge in [0.25, 0.3) is 0 Å². The van der Waals surface area contributed by atoms with Gasteiger partial charge in [-0.05, 0) is 42.0 Å². The van der Waals surface area contributed by atoms with Crippen LogP contribution in [0.15, 0.2) is 73.2 Å². The number of benzene rings is 2. The number of alkyl halides is 3. The molecule has 0 bridgehead atoms. The number of methoxy groups -OCH3 is 1. The molecule has 3 aromatic rings. The molecule has 0 spiro atoms. The van der Waals surface area contributed by atoms with Crippen molar-refractivity contribution < 1.29 is 22.3 Å². The SMILES string of the molecule is COc1ccc(-c2ccc(Cn3cc4nc(-c5ccccc5F)nc-4cn3)cn2)c(C(F)(F)F)c1. The molecule has 2 aliphatic rings. The normalized spacial score (nSPS) is 11.7. The van der Waals surface area contributed by atoms with Gasteiger partial charge in [0, 0.05) is 11.8 Å². The van der Waals surface area contributed by atoms with Crippen LogP contribution < -0.4 is 4.74 Å². The average Bonchev–Trinajstić information content (AvgIpc) is 3.27. The van der Waals surface area contributed by atoms with Crippen molar-refractivity contribution >= 4 is 0 Å². The van der Waals surface area contributed by atoms with Crippen LogP contribution in [0.4, 0.5) is 17.6 Å². The lowest BCUT2D eigenvalue weighted by molar-refractivity contribution is -0.137. The summed E-state index contributed by atoms with van der Waals surface area (Å²) in [6.45, 7) is 0.305. The van der Waals surface area contributed by atoms with Gasteiger partial charge in [-0.2, -0.15) is 18.3 Å². The van der Waals surface area contributed by atoms with Crippen molar-refractivity contribution in [2.75, 3.05) is 7.11 Å². The molecule has 0 aliphatic carbocycles. The number of aromatic nitrogens is 5. The predicted octanol–water partition coefficient (Wildman–Crippen LogP) is 5.72. The first-order valence-corrected chi connectivity index (χ1v) is 10.5. The molecule has 0 saturated carbocycles. The van der Waals surface area contributed by atoms with Crippen LogP contribution in [0.1, 0.15) is 11.1 Å². The van der Waals surface area contributed by atoms with Gasteiger partial charge in [0.15, 0.2) is 5.82 Å². The largest absolute Gasteiger partial charge is 0.497 e. The summed E-state index contributed by atoms with van der Waals surface area (Å²) >= 11 is 0. The molecule has 0 atom stereocenters. The van der Waals surface area contributed by atoms with Crippen LogP contribution >= 0.6 is 0 Å². The van der Waals surface area contributed by atoms with Crippen LogP contribution in [0.5, 0.6) is 5.75 Å². The summed E-state index contributed by atoms with van der Waals surface area (Å²) in [5.74, 6) is -0.0340. The average molecular weight is 479 g/mol. The predicted molar refractivity (Wildman–Crippen MR) is 120 cm³/mol. The molecule has 2 aromatic carbocycles. The standard InChI is InChI=1S/C25H17F4N5O/c1-35-16-7-8-17(19(10-16)25(27,28)29)21-9-6-15(11-30-21)13-34-14-23-22(12-31-34)32-24(33-23)18-4-2-3-5-20(18)26/h2-12,14H,13H2,1H3. The molecule has 6 nitrogen and oxygen atoms in total. The van der Waals surface area contributed by atoms with Crippen molar-refractivity contribution in [2.45, 2.75) is 12.7 Å². The highest BCUT2D eigenvalue weighted by Crippen LogP contribution is 2.38. The maximum atomic E-state index is 14.1. The fourth-order valence-electron chi connectivity index (χ4n) is 3.68. The Morgan fingerprint density at radius 3 is 2.40 bits per heavy atom. The number of ether oxygens (including phenoxy) is 1. The highest BCUT2D eigenvalue weighted by Gasteiger charge is 2.34. The van der Waals surface area contributed by atoms with Crippen LogP contribution in [-0.4, -0.2) is 31.8 Å². The summed E-state index contributed by atoms with van der Waals surface area (Å²) < 4.78 is 61.3. The second-order valence-electron chi connectivity index (χ2n) is 7.73. The quantitative estimate of drug-likeness (QED) is 0.302. The number of hydrogen-bond donors (Lipinski definition) is 0. The number of imidazole rings is 1. The third-order valence-corrected chi connectivity index (χ3v) is 5.41. The number of hydrogen-bond acceptors (Lipinski definition) is 5. The first-order chi connectivity index (χ1) is 16.8. The van der Waals surface area contributed by atoms with E-state index < -0.39 is 17.6 Å². The lowest BCUT2D eigenvalue weighted by atomic mass is 10.0. The van der Waals surface area contributed by atoms with Crippen molar-refractivity contribution in [3.63, 3.8) is 0 Å². The summed E-state index contributed by atoms with van der Waals surface area (Å²) in [6, 6.07) is 13.2. The second-order valence-corrected chi connectivity index (χ2v) is 7.73. The van der Waals surface area contributed by atoms with E-state index in [0.717, 1.165) is 11.6 Å². The van der Waals surface area contributed by atoms with Crippen LogP contribution in [0, 0.1) is 5.82 Å². The molecule has 176 valence electrons. The van der Waals surface area contributed by atoms with Crippen LogP contribution in [-0.2, 0) is 12.7 Å². The molecule has 0 fully saturated rings. The molecule has 3 heterocycles. The highest BCUT2D eigenvalue weighted by molar-refractivity contribution is 5.66. The number of pyridine rings is 1. The summed E-state index contributed by atoms with van der Waals surface area (Å²) in [5, 5.41) is 4.31. The Balaban J connectivity index is 1.40. The van der Waals surface area contributed by atoms with Crippen molar-refractivity contribution in [3.8, 4) is 39.8 Å². The summed E-state index contributed by atoms with van der Waals surface area (Å²) in [5.41, 5.74) is 1.41. The highest BCUT2D eigenvalue weighted by atomic mass is 19.4. The minimum Gasteiger partial charge on any atom is -0.497 e. The number of halogens is 4. The van der Waals surface area contributed by atoms with E-state index >= 15 is 0 Å². The van der Waals surface area contributed by atoms with Crippen LogP contribution in [0.2, 0.25) is 0 Å². The van der Waals surface area contributed by atoms with E-state index in [4.69, 9.17) is 4.74 Å². The van der Waals surface area contributed by atoms with Crippen molar-refractivity contribution in [1.29, 1.82) is 0 Å². The van der Waals surface area contributed by atoms with E-state index in [1.165, 1.54) is 43.8 Å². The second kappa shape index (κ2) is 8.79. The van der Waals surface area contributed by atoms with E-state index in [1.807, 2.05) is 0 Å². The number of rotatable bonds is 5. The maximum Gasteiger partial charge on any atom is 0.417 e. The Morgan fingerprint density at radius 2 is 1.69 bits per heavy atom. The molecule has 5 rings (SSSR count). The Hall–Kier alpha value is -4.34. The van der Waals surface area contributed by atoms with E-state index in [2.05, 4.69) is 20.1 Å². The van der Waals surface area contributed by atoms with Gasteiger partial charge in [0.2, 0.25) is 0 Å². The summed E-state index contributed by atoms with van der Waals surface area (Å²) in [6.07, 6.45) is 0.148. The number of nitrogens with zero attached hydrogens (tertiary/aromatic N) is 5. The molecule has 0 unspecified atom stereocenters. The van der Waals surface area contributed by atoms with Gasteiger partial charge in [0.05, 0.1) is 42.9 Å². The van der Waals surface area contributed by atoms with E-state index in [-0.39, 0.29) is 22.8 Å². The lowest BCUT2D eigenvalue weighted by Gasteiger charge is -2.14. The molecule has 1 aromatic heterocycles. The van der Waals surface area contributed by atoms with Gasteiger partial charge >= 0.3 is 6.18 Å². The molecule has 35 heavy (non-hydrogen) atoms. The number of fused-ring (bicyclic) bond motifs is 1. The zero-order valence-electron chi connectivity index (χ0n) is 18.3. The summed E-state index contributed by atoms with van der Waals surface area (Å²) in [4.78, 5) is 13.0. The van der Waals surface area contributed by atoms with Crippen LogP contribution in [0.25, 0.3) is 34.0 Å². The van der Waals surface area contributed by atoms with E-state index in [0.29, 0.717) is 23.5 Å². The van der Waals surface area contributed by atoms with Crippen LogP contribution in [0.3, 0.4) is 0 Å². The molecule has 0 amide bonds. The molecule has 0 saturated heterocycles. The van der Waals surface area contributed by atoms with Gasteiger partial charge in [-0.1, -0.05) is 18.2 Å². The summed E-state index contributed by atoms with van der Waals surface area (Å²) in [7, 11) is 1.31. The molecule has 0 N–H and O–H groups in total. The molecule has 0 radical (unpaired) electrons. The Kier molecular flexibility index (Phi) is 5.64. The van der Waals surface area contributed by atoms with Crippen molar-refractivity contribution in [3.05, 3.63) is 90.1 Å². The van der Waals surface area contributed by atoms with Gasteiger partial charge in [0.1, 0.15) is 23.0 Å². The topological polar surface area (TPSA) is 65.7 Å². The fraction of sp³-hybridized carbons (Fsp3) is 0.120. The third kappa shape index (κ3) is 4.54. The lowest BCUT2D eigenvalue weighted by Crippen LogP contribution is -2.08. The van der Waals surface area contributed by atoms with Gasteiger partial charge in [-0.3, -0.25) is 9.67 Å². The minimum absolute atomic E-state index is 0.0372. The monoisotopic (exact) mass is 479 g/mol. The van der Waals surface area contributed by atoms with Gasteiger partial charge < -0.3 is 4.74 Å². The van der Waals surface area contributed by atoms with Gasteiger partial charge in [-0.15, -0.1) is 0 Å². The Labute approximate surface area is 197 Å². The first-order valence-electron chi connectivity index (χ1n) is 10.5. The molecule has 2 aliphatic heterocycles. The zero-order valence-corrected chi connectivity index (χ0v) is 18.3. The van der Waals surface area contributed by atoms with Crippen molar-refractivity contribution in [2.24, 2.45) is 0 Å². The maximum absolute atomic E-state index is 14.1. The van der Waals surface area contributed by atoms with E-state index in [9.17, 15) is 17.6 Å². The first kappa shape index (κ1) is 22.5. The van der Waals surface area contributed by atoms with Gasteiger partial charge in [-0.25, -0.2) is 14.4 Å². The third-order valence-electron chi connectivity index (χ3n) is 5.41. The Bertz CT molecular complexity index is 1460. The minimum atomic E-state index is -4.55. The van der Waals surface area contributed by atoms with Crippen molar-refractivity contribution in [1.82, 2.24) is 24.7 Å². The molecular weight excluding hydrogens is 462 g/mol.